The lowest BCUT2D eigenvalue weighted by atomic mass is 9.85. The highest BCUT2D eigenvalue weighted by Crippen LogP contribution is 2.33. The Hall–Kier alpha value is -1.44. The van der Waals surface area contributed by atoms with Crippen molar-refractivity contribution in [3.05, 3.63) is 29.8 Å². The number of nitrogens with one attached hydrogen (secondary N) is 2. The largest absolute Gasteiger partial charge is 0.491 e. The number of carbonyl (C=O) groups excluding carboxylic acids is 1. The molecule has 1 aromatic rings. The maximum absolute atomic E-state index is 13.1. The Balaban J connectivity index is 0.00000243. The van der Waals surface area contributed by atoms with E-state index in [0.717, 1.165) is 25.0 Å². The van der Waals surface area contributed by atoms with Gasteiger partial charge in [-0.3, -0.25) is 4.79 Å². The second-order valence-corrected chi connectivity index (χ2v) is 6.89. The first kappa shape index (κ1) is 20.9. The summed E-state index contributed by atoms with van der Waals surface area (Å²) in [6, 6.07) is 3.40. The van der Waals surface area contributed by atoms with Crippen LogP contribution in [0.25, 0.3) is 0 Å². The van der Waals surface area contributed by atoms with Gasteiger partial charge in [0.05, 0.1) is 6.04 Å². The molecule has 26 heavy (non-hydrogen) atoms. The second-order valence-electron chi connectivity index (χ2n) is 6.89. The van der Waals surface area contributed by atoms with Crippen molar-refractivity contribution in [1.29, 1.82) is 0 Å². The SMILES string of the molecule is Cl.O=C(NCC(O)COc1ccc(F)c(F)c1)C1CC2CCCCC2N1. The summed E-state index contributed by atoms with van der Waals surface area (Å²) >= 11 is 0. The molecule has 1 amide bonds. The molecule has 3 rings (SSSR count). The molecule has 1 aliphatic heterocycles. The van der Waals surface area contributed by atoms with Gasteiger partial charge in [0.15, 0.2) is 11.6 Å². The van der Waals surface area contributed by atoms with Crippen molar-refractivity contribution < 1.29 is 23.4 Å². The molecular weight excluding hydrogens is 366 g/mol. The molecule has 146 valence electrons. The lowest BCUT2D eigenvalue weighted by molar-refractivity contribution is -0.123. The summed E-state index contributed by atoms with van der Waals surface area (Å²) in [6.07, 6.45) is 4.66. The van der Waals surface area contributed by atoms with E-state index in [0.29, 0.717) is 12.0 Å². The van der Waals surface area contributed by atoms with Crippen molar-refractivity contribution >= 4 is 18.3 Å². The normalized spacial score (nSPS) is 25.7. The van der Waals surface area contributed by atoms with E-state index in [1.54, 1.807) is 0 Å². The lowest BCUT2D eigenvalue weighted by Gasteiger charge is -2.24. The average Bonchev–Trinajstić information content (AvgIpc) is 3.05. The number of aliphatic hydroxyl groups is 1. The van der Waals surface area contributed by atoms with Crippen LogP contribution >= 0.6 is 12.4 Å². The predicted octanol–water partition coefficient (Wildman–Crippen LogP) is 2.16. The quantitative estimate of drug-likeness (QED) is 0.696. The molecule has 0 aromatic heterocycles. The van der Waals surface area contributed by atoms with Gasteiger partial charge in [0.1, 0.15) is 18.5 Å². The van der Waals surface area contributed by atoms with Crippen LogP contribution in [0.1, 0.15) is 32.1 Å². The number of halogens is 3. The molecule has 4 unspecified atom stereocenters. The molecule has 1 aromatic carbocycles. The van der Waals surface area contributed by atoms with Crippen LogP contribution in [0.15, 0.2) is 18.2 Å². The Morgan fingerprint density at radius 3 is 2.81 bits per heavy atom. The molecule has 2 fully saturated rings. The van der Waals surface area contributed by atoms with E-state index in [2.05, 4.69) is 10.6 Å². The van der Waals surface area contributed by atoms with Crippen molar-refractivity contribution in [2.24, 2.45) is 5.92 Å². The summed E-state index contributed by atoms with van der Waals surface area (Å²) in [5.74, 6) is -1.36. The molecule has 1 saturated carbocycles. The smallest absolute Gasteiger partial charge is 0.237 e. The molecule has 2 aliphatic rings. The molecular formula is C18H25ClF2N2O3. The van der Waals surface area contributed by atoms with Gasteiger partial charge in [-0.25, -0.2) is 8.78 Å². The van der Waals surface area contributed by atoms with Gasteiger partial charge in [-0.2, -0.15) is 0 Å². The summed E-state index contributed by atoms with van der Waals surface area (Å²) in [4.78, 5) is 12.2. The number of carbonyl (C=O) groups is 1. The molecule has 5 nitrogen and oxygen atoms in total. The molecule has 0 spiro atoms. The molecule has 0 bridgehead atoms. The first-order valence-electron chi connectivity index (χ1n) is 8.82. The van der Waals surface area contributed by atoms with Crippen LogP contribution in [0.3, 0.4) is 0 Å². The van der Waals surface area contributed by atoms with Gasteiger partial charge >= 0.3 is 0 Å². The van der Waals surface area contributed by atoms with Crippen LogP contribution in [0.5, 0.6) is 5.75 Å². The van der Waals surface area contributed by atoms with Crippen molar-refractivity contribution in [1.82, 2.24) is 10.6 Å². The van der Waals surface area contributed by atoms with Crippen LogP contribution in [-0.2, 0) is 4.79 Å². The van der Waals surface area contributed by atoms with E-state index in [-0.39, 0.29) is 43.3 Å². The molecule has 3 N–H and O–H groups in total. The zero-order valence-electron chi connectivity index (χ0n) is 14.4. The minimum atomic E-state index is -1.01. The van der Waals surface area contributed by atoms with Crippen LogP contribution in [0, 0.1) is 17.6 Å². The summed E-state index contributed by atoms with van der Waals surface area (Å²) in [5.41, 5.74) is 0. The molecule has 0 radical (unpaired) electrons. The fourth-order valence-corrected chi connectivity index (χ4v) is 3.68. The summed E-state index contributed by atoms with van der Waals surface area (Å²) in [7, 11) is 0. The minimum Gasteiger partial charge on any atom is -0.491 e. The number of fused-ring (bicyclic) bond motifs is 1. The van der Waals surface area contributed by atoms with Crippen molar-refractivity contribution in [2.75, 3.05) is 13.2 Å². The van der Waals surface area contributed by atoms with E-state index in [1.165, 1.54) is 25.3 Å². The number of ether oxygens (including phenoxy) is 1. The molecule has 1 saturated heterocycles. The fourth-order valence-electron chi connectivity index (χ4n) is 3.68. The minimum absolute atomic E-state index is 0. The van der Waals surface area contributed by atoms with E-state index < -0.39 is 17.7 Å². The first-order valence-corrected chi connectivity index (χ1v) is 8.82. The Labute approximate surface area is 157 Å². The van der Waals surface area contributed by atoms with E-state index in [1.807, 2.05) is 0 Å². The number of hydrogen-bond donors (Lipinski definition) is 3. The fraction of sp³-hybridized carbons (Fsp3) is 0.611. The Bertz CT molecular complexity index is 606. The number of hydrogen-bond acceptors (Lipinski definition) is 4. The van der Waals surface area contributed by atoms with Crippen LogP contribution in [-0.4, -0.2) is 42.4 Å². The number of amides is 1. The van der Waals surface area contributed by atoms with Crippen LogP contribution < -0.4 is 15.4 Å². The van der Waals surface area contributed by atoms with Crippen molar-refractivity contribution in [3.63, 3.8) is 0 Å². The molecule has 4 atom stereocenters. The van der Waals surface area contributed by atoms with Gasteiger partial charge in [0.2, 0.25) is 5.91 Å². The van der Waals surface area contributed by atoms with E-state index in [9.17, 15) is 18.7 Å². The zero-order valence-corrected chi connectivity index (χ0v) is 15.2. The highest BCUT2D eigenvalue weighted by molar-refractivity contribution is 5.85. The summed E-state index contributed by atoms with van der Waals surface area (Å²) in [5, 5.41) is 16.0. The number of aliphatic hydroxyl groups excluding tert-OH is 1. The molecule has 8 heteroatoms. The monoisotopic (exact) mass is 390 g/mol. The topological polar surface area (TPSA) is 70.6 Å². The first-order chi connectivity index (χ1) is 12.0. The van der Waals surface area contributed by atoms with Gasteiger partial charge in [0.25, 0.3) is 0 Å². The summed E-state index contributed by atoms with van der Waals surface area (Å²) < 4.78 is 31.1. The number of rotatable bonds is 6. The Morgan fingerprint density at radius 2 is 2.08 bits per heavy atom. The standard InChI is InChI=1S/C18H24F2N2O3.ClH/c19-14-6-5-13(8-15(14)20)25-10-12(23)9-21-18(24)17-7-11-3-1-2-4-16(11)22-17;/h5-6,8,11-12,16-17,22-23H,1-4,7,9-10H2,(H,21,24);1H. The third-order valence-corrected chi connectivity index (χ3v) is 5.02. The third-order valence-electron chi connectivity index (χ3n) is 5.02. The highest BCUT2D eigenvalue weighted by Gasteiger charge is 2.38. The molecule has 1 heterocycles. The van der Waals surface area contributed by atoms with Crippen LogP contribution in [0.2, 0.25) is 0 Å². The molecule has 1 aliphatic carbocycles. The highest BCUT2D eigenvalue weighted by atomic mass is 35.5. The van der Waals surface area contributed by atoms with Gasteiger partial charge in [-0.15, -0.1) is 12.4 Å². The van der Waals surface area contributed by atoms with Gasteiger partial charge in [0, 0.05) is 18.7 Å². The zero-order chi connectivity index (χ0) is 17.8. The lowest BCUT2D eigenvalue weighted by Crippen LogP contribution is -2.45. The maximum Gasteiger partial charge on any atom is 0.237 e. The Morgan fingerprint density at radius 1 is 1.31 bits per heavy atom. The van der Waals surface area contributed by atoms with Crippen molar-refractivity contribution in [3.8, 4) is 5.75 Å². The Kier molecular flexibility index (Phi) is 7.61. The van der Waals surface area contributed by atoms with Crippen molar-refractivity contribution in [2.45, 2.75) is 50.3 Å². The van der Waals surface area contributed by atoms with Gasteiger partial charge in [-0.05, 0) is 37.3 Å². The predicted molar refractivity (Wildman–Crippen MR) is 95.4 cm³/mol. The second kappa shape index (κ2) is 9.48. The average molecular weight is 391 g/mol. The van der Waals surface area contributed by atoms with Crippen LogP contribution in [0.4, 0.5) is 8.78 Å². The van der Waals surface area contributed by atoms with E-state index >= 15 is 0 Å². The third kappa shape index (κ3) is 5.28. The van der Waals surface area contributed by atoms with Gasteiger partial charge < -0.3 is 20.5 Å². The number of benzene rings is 1. The summed E-state index contributed by atoms with van der Waals surface area (Å²) in [6.45, 7) is -0.0648. The van der Waals surface area contributed by atoms with Gasteiger partial charge in [-0.1, -0.05) is 12.8 Å². The van der Waals surface area contributed by atoms with E-state index in [4.69, 9.17) is 4.74 Å². The maximum atomic E-state index is 13.1.